The van der Waals surface area contributed by atoms with E-state index in [1.807, 2.05) is 0 Å². The Morgan fingerprint density at radius 2 is 2.13 bits per heavy atom. The van der Waals surface area contributed by atoms with Crippen LogP contribution in [-0.4, -0.2) is 16.9 Å². The molecule has 3 nitrogen and oxygen atoms in total. The summed E-state index contributed by atoms with van der Waals surface area (Å²) in [5.74, 6) is -0.161. The molecule has 0 aliphatic heterocycles. The predicted molar refractivity (Wildman–Crippen MR) is 58.9 cm³/mol. The number of carbonyl (C=O) groups is 1. The van der Waals surface area contributed by atoms with Gasteiger partial charge in [0.25, 0.3) is 5.91 Å². The Morgan fingerprint density at radius 1 is 1.40 bits per heavy atom. The zero-order chi connectivity index (χ0) is 10.7. The second-order valence-corrected chi connectivity index (χ2v) is 3.85. The summed E-state index contributed by atoms with van der Waals surface area (Å²) in [5.41, 5.74) is 0.370. The van der Waals surface area contributed by atoms with E-state index in [2.05, 4.69) is 22.5 Å². The van der Waals surface area contributed by atoms with E-state index in [0.29, 0.717) is 10.8 Å². The van der Waals surface area contributed by atoms with Crippen molar-refractivity contribution < 1.29 is 4.79 Å². The largest absolute Gasteiger partial charge is 0.347 e. The average molecular weight is 223 g/mol. The number of aromatic nitrogens is 1. The van der Waals surface area contributed by atoms with Crippen molar-refractivity contribution in [2.45, 2.75) is 18.9 Å². The maximum atomic E-state index is 11.7. The van der Waals surface area contributed by atoms with Crippen LogP contribution in [0.3, 0.4) is 0 Å². The van der Waals surface area contributed by atoms with Gasteiger partial charge < -0.3 is 5.32 Å². The van der Waals surface area contributed by atoms with Crippen LogP contribution in [0.4, 0.5) is 0 Å². The topological polar surface area (TPSA) is 42.0 Å². The Bertz CT molecular complexity index is 395. The zero-order valence-corrected chi connectivity index (χ0v) is 8.87. The van der Waals surface area contributed by atoms with E-state index in [1.165, 1.54) is 0 Å². The van der Waals surface area contributed by atoms with Crippen LogP contribution in [0.1, 0.15) is 23.3 Å². The molecule has 78 valence electrons. The van der Waals surface area contributed by atoms with Crippen molar-refractivity contribution in [3.8, 4) is 0 Å². The van der Waals surface area contributed by atoms with Crippen LogP contribution in [0.5, 0.6) is 0 Å². The van der Waals surface area contributed by atoms with E-state index in [-0.39, 0.29) is 11.9 Å². The van der Waals surface area contributed by atoms with Crippen LogP contribution < -0.4 is 5.32 Å². The molecule has 0 radical (unpaired) electrons. The van der Waals surface area contributed by atoms with Gasteiger partial charge in [-0.3, -0.25) is 4.79 Å². The molecule has 15 heavy (non-hydrogen) atoms. The lowest BCUT2D eigenvalue weighted by Crippen LogP contribution is -2.33. The number of nitrogens with one attached hydrogen (secondary N) is 1. The Morgan fingerprint density at radius 3 is 2.80 bits per heavy atom. The highest BCUT2D eigenvalue weighted by atomic mass is 35.5. The van der Waals surface area contributed by atoms with Gasteiger partial charge >= 0.3 is 0 Å². The molecule has 1 aliphatic carbocycles. The molecule has 4 heteroatoms. The van der Waals surface area contributed by atoms with E-state index in [9.17, 15) is 4.79 Å². The Labute approximate surface area is 93.2 Å². The number of carbonyl (C=O) groups excluding carboxylic acids is 1. The molecule has 1 amide bonds. The first-order chi connectivity index (χ1) is 7.25. The summed E-state index contributed by atoms with van der Waals surface area (Å²) in [6.07, 6.45) is 5.92. The first-order valence-electron chi connectivity index (χ1n) is 4.84. The number of amides is 1. The second-order valence-electron chi connectivity index (χ2n) is 3.46. The highest BCUT2D eigenvalue weighted by molar-refractivity contribution is 6.29. The summed E-state index contributed by atoms with van der Waals surface area (Å²) in [7, 11) is 0. The molecule has 1 aliphatic rings. The molecular weight excluding hydrogens is 212 g/mol. The standard InChI is InChI=1S/C11H11ClN2O/c12-10-7-3-6-9(14-10)11(15)13-8-4-1-2-5-8/h1-3,6-8H,4-5H2,(H,13,15). The number of hydrogen-bond donors (Lipinski definition) is 1. The molecule has 0 saturated heterocycles. The highest BCUT2D eigenvalue weighted by Crippen LogP contribution is 2.10. The SMILES string of the molecule is O=C(NC1CC=CC1)c1cccc(Cl)n1. The van der Waals surface area contributed by atoms with E-state index in [4.69, 9.17) is 11.6 Å². The minimum atomic E-state index is -0.161. The summed E-state index contributed by atoms with van der Waals surface area (Å²) in [4.78, 5) is 15.6. The fourth-order valence-corrected chi connectivity index (χ4v) is 1.69. The fourth-order valence-electron chi connectivity index (χ4n) is 1.53. The zero-order valence-electron chi connectivity index (χ0n) is 8.11. The minimum Gasteiger partial charge on any atom is -0.347 e. The van der Waals surface area contributed by atoms with Crippen molar-refractivity contribution in [3.05, 3.63) is 41.2 Å². The van der Waals surface area contributed by atoms with Gasteiger partial charge in [0.2, 0.25) is 0 Å². The van der Waals surface area contributed by atoms with Crippen molar-refractivity contribution in [2.75, 3.05) is 0 Å². The van der Waals surface area contributed by atoms with Crippen molar-refractivity contribution in [2.24, 2.45) is 0 Å². The maximum absolute atomic E-state index is 11.7. The third kappa shape index (κ3) is 2.57. The van der Waals surface area contributed by atoms with Gasteiger partial charge in [-0.15, -0.1) is 0 Å². The molecule has 1 N–H and O–H groups in total. The Balaban J connectivity index is 2.01. The molecular formula is C11H11ClN2O. The van der Waals surface area contributed by atoms with Crippen molar-refractivity contribution >= 4 is 17.5 Å². The van der Waals surface area contributed by atoms with Gasteiger partial charge in [-0.25, -0.2) is 4.98 Å². The first kappa shape index (κ1) is 10.2. The van der Waals surface area contributed by atoms with Crippen molar-refractivity contribution in [3.63, 3.8) is 0 Å². The number of pyridine rings is 1. The first-order valence-corrected chi connectivity index (χ1v) is 5.22. The van der Waals surface area contributed by atoms with Crippen LogP contribution in [0.25, 0.3) is 0 Å². The van der Waals surface area contributed by atoms with Gasteiger partial charge in [-0.2, -0.15) is 0 Å². The highest BCUT2D eigenvalue weighted by Gasteiger charge is 2.15. The molecule has 1 aromatic rings. The van der Waals surface area contributed by atoms with Gasteiger partial charge in [0.05, 0.1) is 0 Å². The van der Waals surface area contributed by atoms with E-state index < -0.39 is 0 Å². The van der Waals surface area contributed by atoms with Crippen LogP contribution in [-0.2, 0) is 0 Å². The molecule has 0 atom stereocenters. The lowest BCUT2D eigenvalue weighted by molar-refractivity contribution is 0.0934. The van der Waals surface area contributed by atoms with E-state index >= 15 is 0 Å². The van der Waals surface area contributed by atoms with Crippen LogP contribution in [0.15, 0.2) is 30.4 Å². The number of rotatable bonds is 2. The monoisotopic (exact) mass is 222 g/mol. The smallest absolute Gasteiger partial charge is 0.270 e. The predicted octanol–water partition coefficient (Wildman–Crippen LogP) is 2.18. The minimum absolute atomic E-state index is 0.161. The third-order valence-electron chi connectivity index (χ3n) is 2.29. The van der Waals surface area contributed by atoms with Crippen molar-refractivity contribution in [1.29, 1.82) is 0 Å². The van der Waals surface area contributed by atoms with E-state index in [1.54, 1.807) is 18.2 Å². The Kier molecular flexibility index (Phi) is 3.02. The van der Waals surface area contributed by atoms with Crippen LogP contribution in [0.2, 0.25) is 5.15 Å². The van der Waals surface area contributed by atoms with Gasteiger partial charge in [-0.05, 0) is 25.0 Å². The van der Waals surface area contributed by atoms with E-state index in [0.717, 1.165) is 12.8 Å². The second kappa shape index (κ2) is 4.45. The molecule has 1 heterocycles. The molecule has 0 bridgehead atoms. The third-order valence-corrected chi connectivity index (χ3v) is 2.50. The summed E-state index contributed by atoms with van der Waals surface area (Å²) < 4.78 is 0. The quantitative estimate of drug-likeness (QED) is 0.616. The number of hydrogen-bond acceptors (Lipinski definition) is 2. The van der Waals surface area contributed by atoms with Crippen molar-refractivity contribution in [1.82, 2.24) is 10.3 Å². The molecule has 0 fully saturated rings. The normalized spacial score (nSPS) is 15.5. The average Bonchev–Trinajstić information content (AvgIpc) is 2.70. The number of nitrogens with zero attached hydrogens (tertiary/aromatic N) is 1. The molecule has 0 unspecified atom stereocenters. The summed E-state index contributed by atoms with van der Waals surface area (Å²) in [5, 5.41) is 3.24. The van der Waals surface area contributed by atoms with Gasteiger partial charge in [-0.1, -0.05) is 29.8 Å². The molecule has 0 saturated carbocycles. The van der Waals surface area contributed by atoms with Crippen LogP contribution >= 0.6 is 11.6 Å². The molecule has 0 spiro atoms. The van der Waals surface area contributed by atoms with Gasteiger partial charge in [0.15, 0.2) is 0 Å². The van der Waals surface area contributed by atoms with Gasteiger partial charge in [0, 0.05) is 6.04 Å². The molecule has 1 aromatic heterocycles. The summed E-state index contributed by atoms with van der Waals surface area (Å²) in [6, 6.07) is 5.23. The fraction of sp³-hybridized carbons (Fsp3) is 0.273. The number of halogens is 1. The summed E-state index contributed by atoms with van der Waals surface area (Å²) >= 11 is 5.70. The maximum Gasteiger partial charge on any atom is 0.270 e. The lowest BCUT2D eigenvalue weighted by Gasteiger charge is -2.11. The molecule has 0 aromatic carbocycles. The summed E-state index contributed by atoms with van der Waals surface area (Å²) in [6.45, 7) is 0. The molecule has 2 rings (SSSR count). The van der Waals surface area contributed by atoms with Gasteiger partial charge in [0.1, 0.15) is 10.8 Å². The Hall–Kier alpha value is -1.35. The lowest BCUT2D eigenvalue weighted by atomic mass is 10.2. The van der Waals surface area contributed by atoms with Crippen LogP contribution in [0, 0.1) is 0 Å².